The van der Waals surface area contributed by atoms with E-state index in [2.05, 4.69) is 15.6 Å². The Balaban J connectivity index is 1.72. The SMILES string of the molecule is CC[C@@H](C(=O)Nc1ccc(C(N)=O)cc1)n1cc(OC)c(-c2cc(Cl)ccc2-n2cc(Cl)nn2)cc1=O. The number of amides is 2. The molecule has 4 aromatic rings. The summed E-state index contributed by atoms with van der Waals surface area (Å²) < 4.78 is 8.38. The number of primary amides is 1. The Morgan fingerprint density at radius 1 is 1.08 bits per heavy atom. The zero-order valence-electron chi connectivity index (χ0n) is 19.8. The van der Waals surface area contributed by atoms with Crippen LogP contribution in [0, 0.1) is 0 Å². The molecule has 190 valence electrons. The molecule has 2 aromatic heterocycles. The number of anilines is 1. The second-order valence-electron chi connectivity index (χ2n) is 8.00. The van der Waals surface area contributed by atoms with E-state index in [0.29, 0.717) is 45.3 Å². The summed E-state index contributed by atoms with van der Waals surface area (Å²) in [6, 6.07) is 11.8. The van der Waals surface area contributed by atoms with Crippen molar-refractivity contribution in [1.82, 2.24) is 19.6 Å². The third-order valence-corrected chi connectivity index (χ3v) is 6.10. The van der Waals surface area contributed by atoms with Crippen molar-refractivity contribution in [2.24, 2.45) is 5.73 Å². The van der Waals surface area contributed by atoms with E-state index >= 15 is 0 Å². The van der Waals surface area contributed by atoms with E-state index in [4.69, 9.17) is 33.7 Å². The highest BCUT2D eigenvalue weighted by molar-refractivity contribution is 6.31. The molecule has 2 aromatic carbocycles. The van der Waals surface area contributed by atoms with Gasteiger partial charge in [-0.1, -0.05) is 35.3 Å². The molecular weight excluding hydrogens is 519 g/mol. The first kappa shape index (κ1) is 25.9. The van der Waals surface area contributed by atoms with Crippen molar-refractivity contribution in [1.29, 1.82) is 0 Å². The number of methoxy groups -OCH3 is 1. The van der Waals surface area contributed by atoms with E-state index in [0.717, 1.165) is 0 Å². The van der Waals surface area contributed by atoms with Crippen LogP contribution in [0.2, 0.25) is 10.2 Å². The summed E-state index contributed by atoms with van der Waals surface area (Å²) in [6.07, 6.45) is 3.34. The van der Waals surface area contributed by atoms with Gasteiger partial charge in [0.25, 0.3) is 5.56 Å². The van der Waals surface area contributed by atoms with Crippen LogP contribution in [-0.4, -0.2) is 38.5 Å². The molecular formula is C25H22Cl2N6O4. The number of nitrogens with zero attached hydrogens (tertiary/aromatic N) is 4. The number of hydrogen-bond donors (Lipinski definition) is 2. The van der Waals surface area contributed by atoms with Crippen LogP contribution in [-0.2, 0) is 4.79 Å². The number of ether oxygens (including phenoxy) is 1. The van der Waals surface area contributed by atoms with Crippen molar-refractivity contribution in [3.05, 3.63) is 87.0 Å². The molecule has 1 atom stereocenters. The Morgan fingerprint density at radius 2 is 1.81 bits per heavy atom. The summed E-state index contributed by atoms with van der Waals surface area (Å²) in [5.74, 6) is -0.642. The average Bonchev–Trinajstić information content (AvgIpc) is 3.31. The lowest BCUT2D eigenvalue weighted by molar-refractivity contribution is -0.119. The maximum absolute atomic E-state index is 13.3. The first-order chi connectivity index (χ1) is 17.7. The van der Waals surface area contributed by atoms with E-state index in [-0.39, 0.29) is 5.15 Å². The third kappa shape index (κ3) is 5.50. The molecule has 3 N–H and O–H groups in total. The first-order valence-electron chi connectivity index (χ1n) is 11.1. The van der Waals surface area contributed by atoms with E-state index in [1.54, 1.807) is 37.3 Å². The van der Waals surface area contributed by atoms with Gasteiger partial charge in [0.15, 0.2) is 5.15 Å². The highest BCUT2D eigenvalue weighted by atomic mass is 35.5. The molecule has 0 fully saturated rings. The quantitative estimate of drug-likeness (QED) is 0.345. The molecule has 4 rings (SSSR count). The van der Waals surface area contributed by atoms with E-state index in [1.165, 1.54) is 47.0 Å². The molecule has 0 aliphatic carbocycles. The van der Waals surface area contributed by atoms with Gasteiger partial charge < -0.3 is 15.8 Å². The van der Waals surface area contributed by atoms with Crippen molar-refractivity contribution >= 4 is 40.7 Å². The number of carbonyl (C=O) groups is 2. The summed E-state index contributed by atoms with van der Waals surface area (Å²) in [4.78, 5) is 37.7. The summed E-state index contributed by atoms with van der Waals surface area (Å²) in [6.45, 7) is 1.79. The number of nitrogens with two attached hydrogens (primary N) is 1. The van der Waals surface area contributed by atoms with Gasteiger partial charge in [-0.05, 0) is 48.9 Å². The zero-order chi connectivity index (χ0) is 26.7. The van der Waals surface area contributed by atoms with E-state index in [9.17, 15) is 14.4 Å². The fourth-order valence-corrected chi connectivity index (χ4v) is 4.18. The Bertz CT molecular complexity index is 1530. The van der Waals surface area contributed by atoms with Gasteiger partial charge >= 0.3 is 0 Å². The van der Waals surface area contributed by atoms with E-state index < -0.39 is 23.4 Å². The average molecular weight is 541 g/mol. The highest BCUT2D eigenvalue weighted by Crippen LogP contribution is 2.35. The predicted molar refractivity (Wildman–Crippen MR) is 141 cm³/mol. The van der Waals surface area contributed by atoms with Crippen molar-refractivity contribution in [2.45, 2.75) is 19.4 Å². The van der Waals surface area contributed by atoms with Crippen LogP contribution in [0.3, 0.4) is 0 Å². The van der Waals surface area contributed by atoms with Crippen LogP contribution in [0.1, 0.15) is 29.7 Å². The Labute approximate surface area is 221 Å². The molecule has 0 saturated carbocycles. The maximum Gasteiger partial charge on any atom is 0.252 e. The predicted octanol–water partition coefficient (Wildman–Crippen LogP) is 4.10. The Morgan fingerprint density at radius 3 is 2.41 bits per heavy atom. The molecule has 0 unspecified atom stereocenters. The molecule has 0 spiro atoms. The largest absolute Gasteiger partial charge is 0.495 e. The number of halogens is 2. The van der Waals surface area contributed by atoms with Crippen LogP contribution in [0.15, 0.2) is 65.7 Å². The zero-order valence-corrected chi connectivity index (χ0v) is 21.3. The fourth-order valence-electron chi connectivity index (χ4n) is 3.88. The minimum Gasteiger partial charge on any atom is -0.495 e. The number of benzene rings is 2. The lowest BCUT2D eigenvalue weighted by Crippen LogP contribution is -2.32. The van der Waals surface area contributed by atoms with Gasteiger partial charge in [-0.2, -0.15) is 0 Å². The number of aromatic nitrogens is 4. The summed E-state index contributed by atoms with van der Waals surface area (Å²) in [5.41, 5.74) is 7.19. The molecule has 0 aliphatic rings. The van der Waals surface area contributed by atoms with Gasteiger partial charge in [0.05, 0.1) is 25.2 Å². The lowest BCUT2D eigenvalue weighted by atomic mass is 10.0. The van der Waals surface area contributed by atoms with Crippen molar-refractivity contribution in [3.8, 4) is 22.6 Å². The Kier molecular flexibility index (Phi) is 7.61. The normalized spacial score (nSPS) is 11.7. The van der Waals surface area contributed by atoms with Crippen LogP contribution in [0.5, 0.6) is 5.75 Å². The monoisotopic (exact) mass is 540 g/mol. The van der Waals surface area contributed by atoms with Gasteiger partial charge in [-0.15, -0.1) is 5.10 Å². The lowest BCUT2D eigenvalue weighted by Gasteiger charge is -2.20. The summed E-state index contributed by atoms with van der Waals surface area (Å²) >= 11 is 12.2. The number of nitrogens with one attached hydrogen (secondary N) is 1. The molecule has 2 heterocycles. The minimum absolute atomic E-state index is 0.198. The first-order valence-corrected chi connectivity index (χ1v) is 11.9. The van der Waals surface area contributed by atoms with Gasteiger partial charge in [0, 0.05) is 33.5 Å². The second kappa shape index (κ2) is 10.9. The molecule has 0 saturated heterocycles. The van der Waals surface area contributed by atoms with Crippen molar-refractivity contribution in [2.75, 3.05) is 12.4 Å². The topological polar surface area (TPSA) is 134 Å². The summed E-state index contributed by atoms with van der Waals surface area (Å²) in [5, 5.41) is 11.2. The molecule has 2 amide bonds. The molecule has 0 radical (unpaired) electrons. The number of rotatable bonds is 8. The Hall–Kier alpha value is -4.15. The smallest absolute Gasteiger partial charge is 0.252 e. The molecule has 0 bridgehead atoms. The molecule has 12 heteroatoms. The highest BCUT2D eigenvalue weighted by Gasteiger charge is 2.23. The minimum atomic E-state index is -0.834. The van der Waals surface area contributed by atoms with Gasteiger partial charge in [0.2, 0.25) is 11.8 Å². The van der Waals surface area contributed by atoms with Crippen molar-refractivity contribution < 1.29 is 14.3 Å². The molecule has 37 heavy (non-hydrogen) atoms. The van der Waals surface area contributed by atoms with Crippen LogP contribution >= 0.6 is 23.2 Å². The third-order valence-electron chi connectivity index (χ3n) is 5.69. The van der Waals surface area contributed by atoms with E-state index in [1.807, 2.05) is 0 Å². The molecule has 10 nitrogen and oxygen atoms in total. The molecule has 0 aliphatic heterocycles. The maximum atomic E-state index is 13.3. The standard InChI is InChI=1S/C25H22Cl2N6O4/c1-3-19(25(36)29-16-7-4-14(5-8-16)24(28)35)32-12-21(37-2)18(11-23(32)34)17-10-15(26)6-9-20(17)33-13-22(27)30-31-33/h4-13,19H,3H2,1-2H3,(H2,28,35)(H,29,36)/t19-/m0/s1. The number of pyridine rings is 1. The van der Waals surface area contributed by atoms with Crippen LogP contribution in [0.4, 0.5) is 5.69 Å². The second-order valence-corrected chi connectivity index (χ2v) is 8.83. The van der Waals surface area contributed by atoms with Gasteiger partial charge in [-0.25, -0.2) is 4.68 Å². The fraction of sp³-hybridized carbons (Fsp3) is 0.160. The van der Waals surface area contributed by atoms with Crippen LogP contribution < -0.4 is 21.3 Å². The van der Waals surface area contributed by atoms with Crippen molar-refractivity contribution in [3.63, 3.8) is 0 Å². The van der Waals surface area contributed by atoms with Gasteiger partial charge in [0.1, 0.15) is 11.8 Å². The summed E-state index contributed by atoms with van der Waals surface area (Å²) in [7, 11) is 1.46. The number of carbonyl (C=O) groups excluding carboxylic acids is 2. The number of hydrogen-bond acceptors (Lipinski definition) is 6. The van der Waals surface area contributed by atoms with Crippen LogP contribution in [0.25, 0.3) is 16.8 Å². The van der Waals surface area contributed by atoms with Gasteiger partial charge in [-0.3, -0.25) is 19.0 Å².